The van der Waals surface area contributed by atoms with Crippen LogP contribution in [0, 0.1) is 5.82 Å². The Morgan fingerprint density at radius 2 is 1.74 bits per heavy atom. The minimum atomic E-state index is -0.255. The molecule has 0 aliphatic carbocycles. The van der Waals surface area contributed by atoms with E-state index in [0.717, 1.165) is 56.1 Å². The van der Waals surface area contributed by atoms with Crippen molar-refractivity contribution in [1.82, 2.24) is 14.7 Å². The second-order valence-corrected chi connectivity index (χ2v) is 7.15. The van der Waals surface area contributed by atoms with Gasteiger partial charge in [-0.1, -0.05) is 24.3 Å². The number of hydrogen-bond donors (Lipinski definition) is 1. The summed E-state index contributed by atoms with van der Waals surface area (Å²) < 4.78 is 13.4. The van der Waals surface area contributed by atoms with E-state index < -0.39 is 0 Å². The van der Waals surface area contributed by atoms with Crippen LogP contribution < -0.4 is 5.32 Å². The van der Waals surface area contributed by atoms with Crippen LogP contribution in [0.15, 0.2) is 48.5 Å². The van der Waals surface area contributed by atoms with E-state index in [4.69, 9.17) is 0 Å². The highest BCUT2D eigenvalue weighted by Crippen LogP contribution is 2.22. The first kappa shape index (κ1) is 19.3. The summed E-state index contributed by atoms with van der Waals surface area (Å²) in [6, 6.07) is 13.9. The number of hydrogen-bond acceptors (Lipinski definition) is 3. The van der Waals surface area contributed by atoms with E-state index in [1.807, 2.05) is 35.2 Å². The molecule has 3 rings (SSSR count). The van der Waals surface area contributed by atoms with Gasteiger partial charge in [0.2, 0.25) is 0 Å². The zero-order valence-corrected chi connectivity index (χ0v) is 16.0. The van der Waals surface area contributed by atoms with Crippen molar-refractivity contribution in [2.24, 2.45) is 0 Å². The van der Waals surface area contributed by atoms with Gasteiger partial charge in [0.1, 0.15) is 5.82 Å². The van der Waals surface area contributed by atoms with Gasteiger partial charge < -0.3 is 15.1 Å². The average molecular weight is 370 g/mol. The lowest BCUT2D eigenvalue weighted by atomic mass is 10.1. The SMILES string of the molecule is CN(C)CCN1CCN(C(=O)Nc2ccc(-c3cccc(F)c3)cc2)CC1. The summed E-state index contributed by atoms with van der Waals surface area (Å²) in [6.45, 7) is 5.34. The van der Waals surface area contributed by atoms with Crippen molar-refractivity contribution in [3.63, 3.8) is 0 Å². The molecule has 2 aromatic rings. The topological polar surface area (TPSA) is 38.8 Å². The molecule has 5 nitrogen and oxygen atoms in total. The first-order valence-corrected chi connectivity index (χ1v) is 9.30. The number of carbonyl (C=O) groups excluding carboxylic acids is 1. The maximum atomic E-state index is 13.4. The maximum Gasteiger partial charge on any atom is 0.321 e. The fourth-order valence-corrected chi connectivity index (χ4v) is 3.13. The van der Waals surface area contributed by atoms with E-state index in [0.29, 0.717) is 0 Å². The number of urea groups is 1. The molecule has 0 radical (unpaired) electrons. The average Bonchev–Trinajstić information content (AvgIpc) is 2.67. The molecular weight excluding hydrogens is 343 g/mol. The van der Waals surface area contributed by atoms with Crippen molar-refractivity contribution in [1.29, 1.82) is 0 Å². The van der Waals surface area contributed by atoms with E-state index in [2.05, 4.69) is 29.2 Å². The predicted molar refractivity (Wildman–Crippen MR) is 107 cm³/mol. The standard InChI is InChI=1S/C21H27FN4O/c1-24(2)10-11-25-12-14-26(15-13-25)21(27)23-20-8-6-17(7-9-20)18-4-3-5-19(22)16-18/h3-9,16H,10-15H2,1-2H3,(H,23,27). The third kappa shape index (κ3) is 5.52. The fraction of sp³-hybridized carbons (Fsp3) is 0.381. The Hall–Kier alpha value is -2.44. The highest BCUT2D eigenvalue weighted by Gasteiger charge is 2.20. The van der Waals surface area contributed by atoms with E-state index in [9.17, 15) is 9.18 Å². The summed E-state index contributed by atoms with van der Waals surface area (Å²) in [4.78, 5) is 18.9. The summed E-state index contributed by atoms with van der Waals surface area (Å²) in [7, 11) is 4.15. The number of likely N-dealkylation sites (N-methyl/N-ethyl adjacent to an activating group) is 1. The van der Waals surface area contributed by atoms with Gasteiger partial charge in [-0.2, -0.15) is 0 Å². The molecule has 1 N–H and O–H groups in total. The first-order valence-electron chi connectivity index (χ1n) is 9.30. The van der Waals surface area contributed by atoms with Crippen LogP contribution >= 0.6 is 0 Å². The molecule has 144 valence electrons. The van der Waals surface area contributed by atoms with Crippen molar-refractivity contribution in [2.45, 2.75) is 0 Å². The first-order chi connectivity index (χ1) is 13.0. The molecule has 0 spiro atoms. The number of nitrogens with zero attached hydrogens (tertiary/aromatic N) is 3. The van der Waals surface area contributed by atoms with Crippen molar-refractivity contribution in [2.75, 3.05) is 58.7 Å². The van der Waals surface area contributed by atoms with Gasteiger partial charge in [-0.15, -0.1) is 0 Å². The molecule has 2 aromatic carbocycles. The second kappa shape index (κ2) is 8.97. The highest BCUT2D eigenvalue weighted by atomic mass is 19.1. The summed E-state index contributed by atoms with van der Waals surface area (Å²) in [5.74, 6) is -0.255. The van der Waals surface area contributed by atoms with Gasteiger partial charge in [-0.05, 0) is 49.5 Å². The van der Waals surface area contributed by atoms with E-state index in [-0.39, 0.29) is 11.8 Å². The molecule has 1 saturated heterocycles. The normalized spacial score (nSPS) is 15.2. The number of halogens is 1. The molecule has 1 fully saturated rings. The largest absolute Gasteiger partial charge is 0.322 e. The van der Waals surface area contributed by atoms with Gasteiger partial charge in [0.25, 0.3) is 0 Å². The molecule has 0 atom stereocenters. The monoisotopic (exact) mass is 370 g/mol. The van der Waals surface area contributed by atoms with E-state index in [1.54, 1.807) is 6.07 Å². The molecule has 1 aliphatic heterocycles. The summed E-state index contributed by atoms with van der Waals surface area (Å²) in [5, 5.41) is 2.95. The van der Waals surface area contributed by atoms with Gasteiger partial charge >= 0.3 is 6.03 Å². The van der Waals surface area contributed by atoms with Crippen LogP contribution in [0.3, 0.4) is 0 Å². The van der Waals surface area contributed by atoms with Gasteiger partial charge in [-0.25, -0.2) is 9.18 Å². The minimum absolute atomic E-state index is 0.0687. The zero-order valence-electron chi connectivity index (χ0n) is 16.0. The van der Waals surface area contributed by atoms with E-state index in [1.165, 1.54) is 12.1 Å². The predicted octanol–water partition coefficient (Wildman–Crippen LogP) is 3.20. The number of anilines is 1. The Balaban J connectivity index is 1.51. The van der Waals surface area contributed by atoms with Crippen LogP contribution in [0.5, 0.6) is 0 Å². The van der Waals surface area contributed by atoms with Crippen molar-refractivity contribution < 1.29 is 9.18 Å². The van der Waals surface area contributed by atoms with Crippen LogP contribution in [0.2, 0.25) is 0 Å². The van der Waals surface area contributed by atoms with Crippen molar-refractivity contribution >= 4 is 11.7 Å². The Kier molecular flexibility index (Phi) is 6.42. The van der Waals surface area contributed by atoms with Gasteiger partial charge in [-0.3, -0.25) is 4.90 Å². The zero-order chi connectivity index (χ0) is 19.2. The minimum Gasteiger partial charge on any atom is -0.322 e. The molecule has 2 amide bonds. The summed E-state index contributed by atoms with van der Waals surface area (Å²) in [5.41, 5.74) is 2.49. The Labute approximate surface area is 160 Å². The van der Waals surface area contributed by atoms with Crippen LogP contribution in [0.1, 0.15) is 0 Å². The van der Waals surface area contributed by atoms with Crippen LogP contribution in [-0.4, -0.2) is 74.1 Å². The smallest absolute Gasteiger partial charge is 0.321 e. The van der Waals surface area contributed by atoms with Crippen LogP contribution in [0.4, 0.5) is 14.9 Å². The molecule has 0 bridgehead atoms. The van der Waals surface area contributed by atoms with Crippen LogP contribution in [-0.2, 0) is 0 Å². The Morgan fingerprint density at radius 3 is 2.37 bits per heavy atom. The Morgan fingerprint density at radius 1 is 1.04 bits per heavy atom. The lowest BCUT2D eigenvalue weighted by Crippen LogP contribution is -2.51. The summed E-state index contributed by atoms with van der Waals surface area (Å²) >= 11 is 0. The molecule has 27 heavy (non-hydrogen) atoms. The molecule has 6 heteroatoms. The van der Waals surface area contributed by atoms with Gasteiger partial charge in [0.05, 0.1) is 0 Å². The number of nitrogens with one attached hydrogen (secondary N) is 1. The number of piperazine rings is 1. The number of carbonyl (C=O) groups is 1. The van der Waals surface area contributed by atoms with E-state index >= 15 is 0 Å². The lowest BCUT2D eigenvalue weighted by molar-refractivity contribution is 0.140. The van der Waals surface area contributed by atoms with Crippen molar-refractivity contribution in [3.05, 3.63) is 54.3 Å². The van der Waals surface area contributed by atoms with Crippen LogP contribution in [0.25, 0.3) is 11.1 Å². The maximum absolute atomic E-state index is 13.4. The number of benzene rings is 2. The third-order valence-corrected chi connectivity index (χ3v) is 4.82. The summed E-state index contributed by atoms with van der Waals surface area (Å²) in [6.07, 6.45) is 0. The highest BCUT2D eigenvalue weighted by molar-refractivity contribution is 5.89. The van der Waals surface area contributed by atoms with Gasteiger partial charge in [0, 0.05) is 45.0 Å². The van der Waals surface area contributed by atoms with Crippen molar-refractivity contribution in [3.8, 4) is 11.1 Å². The second-order valence-electron chi connectivity index (χ2n) is 7.15. The molecule has 0 unspecified atom stereocenters. The number of rotatable bonds is 5. The molecular formula is C21H27FN4O. The lowest BCUT2D eigenvalue weighted by Gasteiger charge is -2.35. The third-order valence-electron chi connectivity index (χ3n) is 4.82. The molecule has 0 aromatic heterocycles. The molecule has 0 saturated carbocycles. The molecule has 1 aliphatic rings. The fourth-order valence-electron chi connectivity index (χ4n) is 3.13. The Bertz CT molecular complexity index is 755. The molecule has 1 heterocycles. The number of amides is 2. The quantitative estimate of drug-likeness (QED) is 0.878. The van der Waals surface area contributed by atoms with Gasteiger partial charge in [0.15, 0.2) is 0 Å².